The number of H-pyrrole nitrogens is 1. The van der Waals surface area contributed by atoms with Gasteiger partial charge in [-0.25, -0.2) is 9.50 Å². The number of aromatic nitrogens is 3. The third-order valence-electron chi connectivity index (χ3n) is 5.59. The zero-order valence-electron chi connectivity index (χ0n) is 18.3. The van der Waals surface area contributed by atoms with E-state index in [1.807, 2.05) is 6.92 Å². The van der Waals surface area contributed by atoms with Gasteiger partial charge in [-0.05, 0) is 13.3 Å². The van der Waals surface area contributed by atoms with Crippen LogP contribution in [0.3, 0.4) is 0 Å². The number of carbonyl (C=O) groups is 3. The summed E-state index contributed by atoms with van der Waals surface area (Å²) in [6, 6.07) is 1.87. The summed E-state index contributed by atoms with van der Waals surface area (Å²) in [5.74, 6) is -0.380. The van der Waals surface area contributed by atoms with Gasteiger partial charge in [0.05, 0.1) is 19.1 Å². The van der Waals surface area contributed by atoms with E-state index in [4.69, 9.17) is 14.6 Å². The molecule has 0 spiro atoms. The second-order valence-electron chi connectivity index (χ2n) is 8.18. The molecule has 4 heterocycles. The van der Waals surface area contributed by atoms with E-state index in [1.165, 1.54) is 10.7 Å². The Morgan fingerprint density at radius 3 is 2.81 bits per heavy atom. The van der Waals surface area contributed by atoms with Crippen LogP contribution < -0.4 is 10.9 Å². The van der Waals surface area contributed by atoms with E-state index < -0.39 is 11.5 Å². The number of morpholine rings is 1. The fraction of sp³-hybridized carbons (Fsp3) is 0.550. The maximum atomic E-state index is 12.7. The maximum Gasteiger partial charge on any atom is 0.290 e. The number of carboxylic acid groups (broad SMARTS) is 1. The van der Waals surface area contributed by atoms with Gasteiger partial charge in [0.15, 0.2) is 5.65 Å². The molecule has 3 atom stereocenters. The zero-order chi connectivity index (χ0) is 23.4. The van der Waals surface area contributed by atoms with Gasteiger partial charge < -0.3 is 20.1 Å². The molecule has 0 aliphatic carbocycles. The van der Waals surface area contributed by atoms with Gasteiger partial charge in [-0.3, -0.25) is 29.2 Å². The van der Waals surface area contributed by atoms with Crippen LogP contribution in [-0.4, -0.2) is 99.8 Å². The molecule has 4 rings (SSSR count). The fourth-order valence-electron chi connectivity index (χ4n) is 4.05. The lowest BCUT2D eigenvalue weighted by Gasteiger charge is -2.35. The Kier molecular flexibility index (Phi) is 7.26. The lowest BCUT2D eigenvalue weighted by molar-refractivity contribution is -0.134. The molecule has 0 unspecified atom stereocenters. The minimum absolute atomic E-state index is 0.0138. The van der Waals surface area contributed by atoms with Crippen LogP contribution in [0.25, 0.3) is 5.65 Å². The molecule has 2 amide bonds. The number of aromatic amines is 1. The van der Waals surface area contributed by atoms with E-state index in [-0.39, 0.29) is 36.1 Å². The van der Waals surface area contributed by atoms with Crippen LogP contribution in [0, 0.1) is 6.92 Å². The molecule has 0 aromatic carbocycles. The minimum atomic E-state index is -0.422. The quantitative estimate of drug-likeness (QED) is 0.509. The van der Waals surface area contributed by atoms with Crippen LogP contribution in [0.2, 0.25) is 0 Å². The number of nitrogens with zero attached hydrogens (tertiary/aromatic N) is 4. The topological polar surface area (TPSA) is 149 Å². The van der Waals surface area contributed by atoms with Crippen molar-refractivity contribution in [1.29, 1.82) is 0 Å². The summed E-state index contributed by atoms with van der Waals surface area (Å²) in [5, 5.41) is 12.7. The van der Waals surface area contributed by atoms with Crippen LogP contribution >= 0.6 is 0 Å². The molecule has 2 saturated heterocycles. The first-order valence-corrected chi connectivity index (χ1v) is 10.2. The Bertz CT molecular complexity index is 1050. The molecule has 12 nitrogen and oxygen atoms in total. The average Bonchev–Trinajstić information content (AvgIpc) is 3.30. The minimum Gasteiger partial charge on any atom is -0.483 e. The number of hydrogen-bond acceptors (Lipinski definition) is 7. The number of hydrogen-bond donors (Lipinski definition) is 3. The Hall–Kier alpha value is -3.25. The molecular formula is C20H28N6O6. The zero-order valence-corrected chi connectivity index (χ0v) is 18.3. The van der Waals surface area contributed by atoms with Gasteiger partial charge in [0.2, 0.25) is 5.91 Å². The van der Waals surface area contributed by atoms with Gasteiger partial charge in [0.1, 0.15) is 5.56 Å². The van der Waals surface area contributed by atoms with Crippen molar-refractivity contribution >= 4 is 23.9 Å². The average molecular weight is 448 g/mol. The predicted octanol–water partition coefficient (Wildman–Crippen LogP) is -0.918. The van der Waals surface area contributed by atoms with Crippen LogP contribution in [0.1, 0.15) is 28.9 Å². The van der Waals surface area contributed by atoms with Crippen molar-refractivity contribution in [2.75, 3.05) is 33.8 Å². The number of nitrogens with one attached hydrogen (secondary N) is 2. The highest BCUT2D eigenvalue weighted by Gasteiger charge is 2.38. The van der Waals surface area contributed by atoms with E-state index in [0.717, 1.165) is 12.1 Å². The molecule has 12 heteroatoms. The second-order valence-corrected chi connectivity index (χ2v) is 8.18. The van der Waals surface area contributed by atoms with Gasteiger partial charge in [-0.2, -0.15) is 0 Å². The number of fused-ring (bicyclic) bond motifs is 2. The van der Waals surface area contributed by atoms with Crippen LogP contribution in [-0.2, 0) is 14.3 Å². The lowest BCUT2D eigenvalue weighted by Crippen LogP contribution is -2.47. The summed E-state index contributed by atoms with van der Waals surface area (Å²) >= 11 is 0. The maximum absolute atomic E-state index is 12.7. The van der Waals surface area contributed by atoms with Crippen molar-refractivity contribution in [2.24, 2.45) is 0 Å². The molecule has 0 bridgehead atoms. The van der Waals surface area contributed by atoms with E-state index in [1.54, 1.807) is 25.1 Å². The van der Waals surface area contributed by atoms with Gasteiger partial charge in [0, 0.05) is 57.2 Å². The summed E-state index contributed by atoms with van der Waals surface area (Å²) in [7, 11) is 3.47. The lowest BCUT2D eigenvalue weighted by atomic mass is 10.1. The SMILES string of the molecule is Cc1cc2ncc(C(=O)N[C@@H]3C[C@H]4CO[C@@H](CC(=O)N(C)C)CN4C3)c(=O)n2[nH]1.O=CO. The molecule has 0 saturated carbocycles. The second kappa shape index (κ2) is 9.92. The largest absolute Gasteiger partial charge is 0.483 e. The molecule has 2 aliphatic rings. The number of ether oxygens (including phenoxy) is 1. The number of rotatable bonds is 4. The number of amides is 2. The standard InChI is InChI=1S/C19H26N6O4.CH2O2/c1-11-4-16-20-7-15(19(28)25(16)22-11)18(27)21-12-5-13-10-29-14(9-24(13)8-12)6-17(26)23(2)3;2-1-3/h4,7,12-14,22H,5-6,8-10H2,1-3H3,(H,21,27);1H,(H,2,3)/t12-,13+,14+;/m1./s1. The molecule has 3 N–H and O–H groups in total. The van der Waals surface area contributed by atoms with Crippen molar-refractivity contribution in [3.8, 4) is 0 Å². The van der Waals surface area contributed by atoms with Crippen molar-refractivity contribution in [1.82, 2.24) is 29.7 Å². The van der Waals surface area contributed by atoms with Crippen LogP contribution in [0.5, 0.6) is 0 Å². The van der Waals surface area contributed by atoms with Crippen LogP contribution in [0.15, 0.2) is 17.1 Å². The molecule has 2 fully saturated rings. The highest BCUT2D eigenvalue weighted by Crippen LogP contribution is 2.24. The number of carbonyl (C=O) groups excluding carboxylic acids is 2. The van der Waals surface area contributed by atoms with Gasteiger partial charge in [-0.1, -0.05) is 0 Å². The Balaban J connectivity index is 0.000000913. The molecule has 2 aliphatic heterocycles. The molecule has 2 aromatic rings. The van der Waals surface area contributed by atoms with E-state index in [9.17, 15) is 14.4 Å². The fourth-order valence-corrected chi connectivity index (χ4v) is 4.05. The Morgan fingerprint density at radius 1 is 1.41 bits per heavy atom. The molecule has 174 valence electrons. The van der Waals surface area contributed by atoms with E-state index in [2.05, 4.69) is 20.3 Å². The first-order valence-electron chi connectivity index (χ1n) is 10.2. The Labute approximate surface area is 184 Å². The highest BCUT2D eigenvalue weighted by molar-refractivity contribution is 5.94. The monoisotopic (exact) mass is 448 g/mol. The summed E-state index contributed by atoms with van der Waals surface area (Å²) in [5.41, 5.74) is 0.876. The smallest absolute Gasteiger partial charge is 0.290 e. The molecule has 2 aromatic heterocycles. The third-order valence-corrected chi connectivity index (χ3v) is 5.59. The molecule has 32 heavy (non-hydrogen) atoms. The Morgan fingerprint density at radius 2 is 2.12 bits per heavy atom. The highest BCUT2D eigenvalue weighted by atomic mass is 16.5. The van der Waals surface area contributed by atoms with Crippen molar-refractivity contribution in [3.05, 3.63) is 33.9 Å². The normalized spacial score (nSPS) is 22.5. The summed E-state index contributed by atoms with van der Waals surface area (Å²) in [4.78, 5) is 53.6. The summed E-state index contributed by atoms with van der Waals surface area (Å²) in [6.07, 6.45) is 2.29. The molecule has 0 radical (unpaired) electrons. The van der Waals surface area contributed by atoms with Crippen LogP contribution in [0.4, 0.5) is 0 Å². The molecular weight excluding hydrogens is 420 g/mol. The van der Waals surface area contributed by atoms with Gasteiger partial charge in [0.25, 0.3) is 17.9 Å². The summed E-state index contributed by atoms with van der Waals surface area (Å²) < 4.78 is 7.13. The van der Waals surface area contributed by atoms with Crippen molar-refractivity contribution in [3.63, 3.8) is 0 Å². The van der Waals surface area contributed by atoms with E-state index in [0.29, 0.717) is 31.8 Å². The van der Waals surface area contributed by atoms with Crippen molar-refractivity contribution in [2.45, 2.75) is 38.0 Å². The van der Waals surface area contributed by atoms with Gasteiger partial charge in [-0.15, -0.1) is 0 Å². The summed E-state index contributed by atoms with van der Waals surface area (Å²) in [6.45, 7) is 3.44. The van der Waals surface area contributed by atoms with E-state index >= 15 is 0 Å². The number of aryl methyl sites for hydroxylation is 1. The first kappa shape index (κ1) is 23.4. The third kappa shape index (κ3) is 5.14. The van der Waals surface area contributed by atoms with Gasteiger partial charge >= 0.3 is 0 Å². The van der Waals surface area contributed by atoms with Crippen molar-refractivity contribution < 1.29 is 24.2 Å². The first-order chi connectivity index (χ1) is 15.2. The predicted molar refractivity (Wildman–Crippen MR) is 114 cm³/mol.